The molecule has 6 heteroatoms. The molecule has 1 atom stereocenters. The monoisotopic (exact) mass is 348 g/mol. The smallest absolute Gasteiger partial charge is 0.133 e. The van der Waals surface area contributed by atoms with Crippen LogP contribution in [0, 0.1) is 6.92 Å². The molecule has 1 aromatic carbocycles. The summed E-state index contributed by atoms with van der Waals surface area (Å²) in [6.07, 6.45) is 5.67. The predicted octanol–water partition coefficient (Wildman–Crippen LogP) is 2.83. The molecule has 2 N–H and O–H groups in total. The van der Waals surface area contributed by atoms with Gasteiger partial charge in [-0.05, 0) is 44.5 Å². The Balaban J connectivity index is 1.68. The van der Waals surface area contributed by atoms with Crippen LogP contribution in [0.2, 0.25) is 0 Å². The Morgan fingerprint density at radius 1 is 1.12 bits per heavy atom. The fourth-order valence-corrected chi connectivity index (χ4v) is 3.54. The fourth-order valence-electron chi connectivity index (χ4n) is 3.54. The zero-order chi connectivity index (χ0) is 17.9. The molecule has 2 aromatic heterocycles. The summed E-state index contributed by atoms with van der Waals surface area (Å²) in [5, 5.41) is 11.5. The second-order valence-electron chi connectivity index (χ2n) is 6.67. The van der Waals surface area contributed by atoms with Crippen LogP contribution in [0.5, 0.6) is 0 Å². The van der Waals surface area contributed by atoms with Crippen molar-refractivity contribution in [1.82, 2.24) is 25.1 Å². The minimum absolute atomic E-state index is 0.102. The average molecular weight is 348 g/mol. The fraction of sp³-hybridized carbons (Fsp3) is 0.350. The first-order valence-electron chi connectivity index (χ1n) is 9.15. The number of aromatic nitrogens is 4. The van der Waals surface area contributed by atoms with Crippen molar-refractivity contribution in [3.63, 3.8) is 0 Å². The molecule has 0 saturated heterocycles. The molecule has 0 aliphatic carbocycles. The Morgan fingerprint density at radius 3 is 2.81 bits per heavy atom. The van der Waals surface area contributed by atoms with Gasteiger partial charge in [0.1, 0.15) is 11.6 Å². The van der Waals surface area contributed by atoms with Gasteiger partial charge < -0.3 is 10.6 Å². The Morgan fingerprint density at radius 2 is 1.96 bits per heavy atom. The third kappa shape index (κ3) is 3.32. The van der Waals surface area contributed by atoms with Crippen LogP contribution in [0.15, 0.2) is 42.7 Å². The van der Waals surface area contributed by atoms with Crippen molar-refractivity contribution in [2.24, 2.45) is 0 Å². The third-order valence-corrected chi connectivity index (χ3v) is 4.80. The Kier molecular flexibility index (Phi) is 4.67. The highest BCUT2D eigenvalue weighted by molar-refractivity contribution is 5.52. The van der Waals surface area contributed by atoms with Crippen molar-refractivity contribution >= 4 is 5.82 Å². The number of benzene rings is 1. The molecule has 1 aliphatic heterocycles. The topological polar surface area (TPSA) is 67.7 Å². The van der Waals surface area contributed by atoms with Gasteiger partial charge in [0, 0.05) is 30.9 Å². The summed E-state index contributed by atoms with van der Waals surface area (Å²) in [4.78, 5) is 9.38. The van der Waals surface area contributed by atoms with Crippen molar-refractivity contribution in [3.8, 4) is 5.69 Å². The van der Waals surface area contributed by atoms with Crippen LogP contribution in [0.25, 0.3) is 5.69 Å². The quantitative estimate of drug-likeness (QED) is 0.759. The van der Waals surface area contributed by atoms with Gasteiger partial charge in [0.2, 0.25) is 0 Å². The van der Waals surface area contributed by atoms with Gasteiger partial charge in [0.15, 0.2) is 0 Å². The molecule has 0 spiro atoms. The summed E-state index contributed by atoms with van der Waals surface area (Å²) in [7, 11) is 0. The summed E-state index contributed by atoms with van der Waals surface area (Å²) >= 11 is 0. The van der Waals surface area contributed by atoms with Gasteiger partial charge in [-0.15, -0.1) is 0 Å². The molecule has 6 nitrogen and oxygen atoms in total. The van der Waals surface area contributed by atoms with Crippen molar-refractivity contribution in [2.45, 2.75) is 32.7 Å². The van der Waals surface area contributed by atoms with Crippen LogP contribution in [0.1, 0.15) is 35.6 Å². The summed E-state index contributed by atoms with van der Waals surface area (Å²) in [5.41, 5.74) is 4.67. The zero-order valence-corrected chi connectivity index (χ0v) is 15.2. The number of anilines is 1. The molecule has 3 heterocycles. The molecule has 0 bridgehead atoms. The number of aryl methyl sites for hydroxylation is 1. The maximum Gasteiger partial charge on any atom is 0.133 e. The number of hydrogen-bond donors (Lipinski definition) is 2. The lowest BCUT2D eigenvalue weighted by Crippen LogP contribution is -2.17. The van der Waals surface area contributed by atoms with Gasteiger partial charge in [-0.1, -0.05) is 18.2 Å². The number of hydrogen-bond acceptors (Lipinski definition) is 5. The van der Waals surface area contributed by atoms with Crippen LogP contribution in [0.4, 0.5) is 5.82 Å². The molecular formula is C20H24N6. The lowest BCUT2D eigenvalue weighted by Gasteiger charge is -2.21. The van der Waals surface area contributed by atoms with Crippen LogP contribution in [-0.2, 0) is 12.8 Å². The van der Waals surface area contributed by atoms with Crippen molar-refractivity contribution < 1.29 is 0 Å². The normalized spacial score (nSPS) is 15.2. The Bertz CT molecular complexity index is 887. The summed E-state index contributed by atoms with van der Waals surface area (Å²) in [5.74, 6) is 1.78. The van der Waals surface area contributed by atoms with Crippen molar-refractivity contribution in [3.05, 3.63) is 65.4 Å². The van der Waals surface area contributed by atoms with E-state index < -0.39 is 0 Å². The first-order chi connectivity index (χ1) is 12.7. The molecule has 0 amide bonds. The molecule has 4 rings (SSSR count). The third-order valence-electron chi connectivity index (χ3n) is 4.80. The highest BCUT2D eigenvalue weighted by atomic mass is 15.3. The highest BCUT2D eigenvalue weighted by Gasteiger charge is 2.19. The number of nitrogens with one attached hydrogen (secondary N) is 2. The van der Waals surface area contributed by atoms with Crippen LogP contribution in [0.3, 0.4) is 0 Å². The minimum atomic E-state index is 0.102. The van der Waals surface area contributed by atoms with E-state index in [0.29, 0.717) is 0 Å². The van der Waals surface area contributed by atoms with Gasteiger partial charge in [-0.3, -0.25) is 0 Å². The molecule has 1 aliphatic rings. The summed E-state index contributed by atoms with van der Waals surface area (Å²) in [6.45, 7) is 6.07. The molecule has 0 fully saturated rings. The molecule has 0 unspecified atom stereocenters. The first kappa shape index (κ1) is 16.7. The van der Waals surface area contributed by atoms with Gasteiger partial charge >= 0.3 is 0 Å². The molecular weight excluding hydrogens is 324 g/mol. The van der Waals surface area contributed by atoms with E-state index in [9.17, 15) is 0 Å². The van der Waals surface area contributed by atoms with E-state index in [1.807, 2.05) is 29.9 Å². The standard InChI is InChI=1S/C20H24N6/c1-14(16-6-3-4-7-19(16)26-13-5-10-22-26)23-20-17-8-11-21-12-9-18(17)24-15(2)25-20/h3-7,10,13-14,21H,8-9,11-12H2,1-2H3,(H,23,24,25)/t14-/m1/s1. The van der Waals surface area contributed by atoms with Crippen molar-refractivity contribution in [1.29, 1.82) is 0 Å². The number of fused-ring (bicyclic) bond motifs is 1. The van der Waals surface area contributed by atoms with Crippen LogP contribution in [-0.4, -0.2) is 32.8 Å². The van der Waals surface area contributed by atoms with E-state index in [1.54, 1.807) is 6.20 Å². The second kappa shape index (κ2) is 7.25. The number of para-hydroxylation sites is 1. The van der Waals surface area contributed by atoms with E-state index in [-0.39, 0.29) is 6.04 Å². The lowest BCUT2D eigenvalue weighted by molar-refractivity contribution is 0.708. The van der Waals surface area contributed by atoms with Gasteiger partial charge in [-0.25, -0.2) is 14.6 Å². The number of nitrogens with zero attached hydrogens (tertiary/aromatic N) is 4. The maximum atomic E-state index is 4.71. The molecule has 134 valence electrons. The predicted molar refractivity (Wildman–Crippen MR) is 103 cm³/mol. The van der Waals surface area contributed by atoms with E-state index in [1.165, 1.54) is 11.1 Å². The zero-order valence-electron chi connectivity index (χ0n) is 15.2. The second-order valence-corrected chi connectivity index (χ2v) is 6.67. The summed E-state index contributed by atoms with van der Waals surface area (Å²) < 4.78 is 1.91. The van der Waals surface area contributed by atoms with E-state index in [4.69, 9.17) is 4.98 Å². The maximum absolute atomic E-state index is 4.71. The van der Waals surface area contributed by atoms with Crippen LogP contribution < -0.4 is 10.6 Å². The first-order valence-corrected chi connectivity index (χ1v) is 9.15. The van der Waals surface area contributed by atoms with E-state index >= 15 is 0 Å². The highest BCUT2D eigenvalue weighted by Crippen LogP contribution is 2.27. The van der Waals surface area contributed by atoms with Gasteiger partial charge in [-0.2, -0.15) is 5.10 Å². The van der Waals surface area contributed by atoms with Gasteiger partial charge in [0.05, 0.1) is 17.4 Å². The Hall–Kier alpha value is -2.73. The van der Waals surface area contributed by atoms with Crippen molar-refractivity contribution in [2.75, 3.05) is 18.4 Å². The minimum Gasteiger partial charge on any atom is -0.363 e. The molecule has 26 heavy (non-hydrogen) atoms. The lowest BCUT2D eigenvalue weighted by atomic mass is 10.0. The molecule has 0 saturated carbocycles. The SMILES string of the molecule is Cc1nc2c(c(N[C@H](C)c3ccccc3-n3cccn3)n1)CCNCC2. The number of rotatable bonds is 4. The average Bonchev–Trinajstić information content (AvgIpc) is 3.07. The van der Waals surface area contributed by atoms with Gasteiger partial charge in [0.25, 0.3) is 0 Å². The van der Waals surface area contributed by atoms with E-state index in [2.05, 4.69) is 45.8 Å². The van der Waals surface area contributed by atoms with E-state index in [0.717, 1.165) is 49.0 Å². The Labute approximate surface area is 153 Å². The molecule has 3 aromatic rings. The molecule has 0 radical (unpaired) electrons. The largest absolute Gasteiger partial charge is 0.363 e. The summed E-state index contributed by atoms with van der Waals surface area (Å²) in [6, 6.07) is 10.4. The van der Waals surface area contributed by atoms with Crippen LogP contribution >= 0.6 is 0 Å².